The van der Waals surface area contributed by atoms with Crippen LogP contribution in [0.5, 0.6) is 11.5 Å². The van der Waals surface area contributed by atoms with Crippen molar-refractivity contribution in [2.24, 2.45) is 0 Å². The molecule has 2 heterocycles. The predicted octanol–water partition coefficient (Wildman–Crippen LogP) is 5.07. The van der Waals surface area contributed by atoms with E-state index in [4.69, 9.17) is 13.9 Å². The molecule has 2 aromatic carbocycles. The van der Waals surface area contributed by atoms with Gasteiger partial charge in [-0.3, -0.25) is 0 Å². The van der Waals surface area contributed by atoms with Crippen LogP contribution >= 0.6 is 11.3 Å². The van der Waals surface area contributed by atoms with Gasteiger partial charge in [-0.05, 0) is 49.4 Å². The number of hydrogen-bond donors (Lipinski definition) is 1. The molecule has 0 aliphatic rings. The Labute approximate surface area is 165 Å². The van der Waals surface area contributed by atoms with E-state index in [1.807, 2.05) is 48.7 Å². The minimum atomic E-state index is -0.428. The molecule has 1 N–H and O–H groups in total. The first-order valence-electron chi connectivity index (χ1n) is 8.74. The van der Waals surface area contributed by atoms with Gasteiger partial charge in [0.15, 0.2) is 5.13 Å². The second kappa shape index (κ2) is 7.74. The Bertz CT molecular complexity index is 1170. The number of fused-ring (bicyclic) bond motifs is 1. The van der Waals surface area contributed by atoms with E-state index < -0.39 is 5.63 Å². The summed E-state index contributed by atoms with van der Waals surface area (Å²) < 4.78 is 16.1. The molecule has 0 atom stereocenters. The molecule has 0 bridgehead atoms. The van der Waals surface area contributed by atoms with Crippen molar-refractivity contribution < 1.29 is 13.9 Å². The van der Waals surface area contributed by atoms with Crippen LogP contribution in [0.3, 0.4) is 0 Å². The Morgan fingerprint density at radius 3 is 2.64 bits per heavy atom. The van der Waals surface area contributed by atoms with Gasteiger partial charge in [0, 0.05) is 22.5 Å². The van der Waals surface area contributed by atoms with Crippen LogP contribution in [-0.2, 0) is 0 Å². The van der Waals surface area contributed by atoms with Crippen molar-refractivity contribution in [1.29, 1.82) is 0 Å². The van der Waals surface area contributed by atoms with Crippen molar-refractivity contribution in [1.82, 2.24) is 4.98 Å². The lowest BCUT2D eigenvalue weighted by molar-refractivity contribution is 0.340. The lowest BCUT2D eigenvalue weighted by Gasteiger charge is -2.05. The average molecular weight is 394 g/mol. The van der Waals surface area contributed by atoms with E-state index in [0.29, 0.717) is 34.3 Å². The molecular formula is C21H18N2O4S. The second-order valence-electron chi connectivity index (χ2n) is 5.97. The van der Waals surface area contributed by atoms with E-state index >= 15 is 0 Å². The number of rotatable bonds is 6. The van der Waals surface area contributed by atoms with Gasteiger partial charge >= 0.3 is 5.63 Å². The summed E-state index contributed by atoms with van der Waals surface area (Å²) in [7, 11) is 1.63. The van der Waals surface area contributed by atoms with Crippen LogP contribution in [0.2, 0.25) is 0 Å². The molecule has 0 saturated heterocycles. The second-order valence-corrected chi connectivity index (χ2v) is 6.83. The van der Waals surface area contributed by atoms with Crippen molar-refractivity contribution in [3.63, 3.8) is 0 Å². The largest absolute Gasteiger partial charge is 0.497 e. The molecule has 0 spiro atoms. The van der Waals surface area contributed by atoms with Crippen molar-refractivity contribution >= 4 is 33.1 Å². The molecule has 4 rings (SSSR count). The zero-order chi connectivity index (χ0) is 19.5. The van der Waals surface area contributed by atoms with Crippen LogP contribution in [0.4, 0.5) is 10.8 Å². The monoisotopic (exact) mass is 394 g/mol. The van der Waals surface area contributed by atoms with Gasteiger partial charge in [0.2, 0.25) is 0 Å². The quantitative estimate of drug-likeness (QED) is 0.461. The minimum Gasteiger partial charge on any atom is -0.497 e. The number of nitrogens with one attached hydrogen (secondary N) is 1. The standard InChI is InChI=1S/C21H18N2O4S/c1-3-26-16-7-4-13-10-17(20(24)27-19(13)11-16)18-12-28-21(23-18)22-14-5-8-15(25-2)9-6-14/h4-12H,3H2,1-2H3,(H,22,23). The number of anilines is 2. The number of nitrogens with zero attached hydrogens (tertiary/aromatic N) is 1. The smallest absolute Gasteiger partial charge is 0.345 e. The van der Waals surface area contributed by atoms with E-state index in [1.165, 1.54) is 11.3 Å². The van der Waals surface area contributed by atoms with E-state index in [2.05, 4.69) is 10.3 Å². The van der Waals surface area contributed by atoms with Gasteiger partial charge in [0.05, 0.1) is 25.0 Å². The average Bonchev–Trinajstić information content (AvgIpc) is 3.16. The topological polar surface area (TPSA) is 73.6 Å². The molecule has 6 nitrogen and oxygen atoms in total. The molecule has 28 heavy (non-hydrogen) atoms. The number of ether oxygens (including phenoxy) is 2. The Balaban J connectivity index is 1.62. The van der Waals surface area contributed by atoms with Gasteiger partial charge in [-0.15, -0.1) is 11.3 Å². The molecule has 0 radical (unpaired) electrons. The SMILES string of the molecule is CCOc1ccc2cc(-c3csc(Nc4ccc(OC)cc4)n3)c(=O)oc2c1. The predicted molar refractivity (Wildman–Crippen MR) is 111 cm³/mol. The maximum absolute atomic E-state index is 12.5. The maximum Gasteiger partial charge on any atom is 0.345 e. The number of hydrogen-bond acceptors (Lipinski definition) is 7. The summed E-state index contributed by atoms with van der Waals surface area (Å²) >= 11 is 1.42. The molecule has 0 saturated carbocycles. The van der Waals surface area contributed by atoms with Crippen molar-refractivity contribution in [3.05, 3.63) is 64.3 Å². The maximum atomic E-state index is 12.5. The number of aromatic nitrogens is 1. The van der Waals surface area contributed by atoms with Gasteiger partial charge < -0.3 is 19.2 Å². The van der Waals surface area contributed by atoms with Crippen LogP contribution in [0, 0.1) is 0 Å². The Hall–Kier alpha value is -3.32. The fourth-order valence-electron chi connectivity index (χ4n) is 2.78. The fraction of sp³-hybridized carbons (Fsp3) is 0.143. The Morgan fingerprint density at radius 2 is 1.89 bits per heavy atom. The summed E-state index contributed by atoms with van der Waals surface area (Å²) in [5.41, 5.74) is 1.95. The zero-order valence-electron chi connectivity index (χ0n) is 15.4. The molecule has 0 aliphatic heterocycles. The minimum absolute atomic E-state index is 0.427. The van der Waals surface area contributed by atoms with Crippen molar-refractivity contribution in [2.75, 3.05) is 19.0 Å². The van der Waals surface area contributed by atoms with Gasteiger partial charge in [-0.25, -0.2) is 9.78 Å². The number of methoxy groups -OCH3 is 1. The molecule has 7 heteroatoms. The third-order valence-corrected chi connectivity index (χ3v) is 4.90. The summed E-state index contributed by atoms with van der Waals surface area (Å²) in [4.78, 5) is 17.0. The van der Waals surface area contributed by atoms with Gasteiger partial charge in [0.25, 0.3) is 0 Å². The third kappa shape index (κ3) is 3.70. The summed E-state index contributed by atoms with van der Waals surface area (Å²) in [5.74, 6) is 1.46. The van der Waals surface area contributed by atoms with E-state index in [0.717, 1.165) is 16.8 Å². The van der Waals surface area contributed by atoms with E-state index in [1.54, 1.807) is 19.2 Å². The molecule has 2 aromatic heterocycles. The first-order chi connectivity index (χ1) is 13.7. The Morgan fingerprint density at radius 1 is 1.11 bits per heavy atom. The molecule has 4 aromatic rings. The van der Waals surface area contributed by atoms with Crippen LogP contribution in [-0.4, -0.2) is 18.7 Å². The third-order valence-electron chi connectivity index (χ3n) is 4.14. The molecule has 0 fully saturated rings. The highest BCUT2D eigenvalue weighted by atomic mass is 32.1. The van der Waals surface area contributed by atoms with Crippen molar-refractivity contribution in [3.8, 4) is 22.8 Å². The summed E-state index contributed by atoms with van der Waals surface area (Å²) in [6, 6.07) is 14.8. The lowest BCUT2D eigenvalue weighted by Crippen LogP contribution is -2.03. The summed E-state index contributed by atoms with van der Waals surface area (Å²) in [6.45, 7) is 2.46. The first-order valence-corrected chi connectivity index (χ1v) is 9.62. The van der Waals surface area contributed by atoms with Crippen molar-refractivity contribution in [2.45, 2.75) is 6.92 Å². The van der Waals surface area contributed by atoms with Gasteiger partial charge in [0.1, 0.15) is 17.1 Å². The lowest BCUT2D eigenvalue weighted by atomic mass is 10.1. The molecule has 0 amide bonds. The first kappa shape index (κ1) is 18.1. The molecule has 0 aliphatic carbocycles. The van der Waals surface area contributed by atoms with Crippen LogP contribution < -0.4 is 20.4 Å². The number of benzene rings is 2. The number of thiazole rings is 1. The highest BCUT2D eigenvalue weighted by Gasteiger charge is 2.12. The highest BCUT2D eigenvalue weighted by Crippen LogP contribution is 2.29. The Kier molecular flexibility index (Phi) is 4.99. The molecule has 142 valence electrons. The van der Waals surface area contributed by atoms with Crippen LogP contribution in [0.15, 0.2) is 63.1 Å². The van der Waals surface area contributed by atoms with E-state index in [-0.39, 0.29) is 0 Å². The highest BCUT2D eigenvalue weighted by molar-refractivity contribution is 7.14. The van der Waals surface area contributed by atoms with Gasteiger partial charge in [-0.2, -0.15) is 0 Å². The van der Waals surface area contributed by atoms with Gasteiger partial charge in [-0.1, -0.05) is 0 Å². The molecular weight excluding hydrogens is 376 g/mol. The zero-order valence-corrected chi connectivity index (χ0v) is 16.2. The van der Waals surface area contributed by atoms with Crippen LogP contribution in [0.1, 0.15) is 6.92 Å². The fourth-order valence-corrected chi connectivity index (χ4v) is 3.51. The summed E-state index contributed by atoms with van der Waals surface area (Å²) in [6.07, 6.45) is 0. The summed E-state index contributed by atoms with van der Waals surface area (Å²) in [5, 5.41) is 6.56. The van der Waals surface area contributed by atoms with E-state index in [9.17, 15) is 4.79 Å². The van der Waals surface area contributed by atoms with Crippen LogP contribution in [0.25, 0.3) is 22.2 Å². The normalized spacial score (nSPS) is 10.8. The molecule has 0 unspecified atom stereocenters.